The lowest BCUT2D eigenvalue weighted by molar-refractivity contribution is -0.121. The van der Waals surface area contributed by atoms with E-state index in [9.17, 15) is 9.59 Å². The van der Waals surface area contributed by atoms with Gasteiger partial charge in [-0.2, -0.15) is 5.10 Å². The van der Waals surface area contributed by atoms with Crippen molar-refractivity contribution in [2.75, 3.05) is 4.90 Å². The molecule has 0 radical (unpaired) electrons. The first-order valence-corrected chi connectivity index (χ1v) is 7.00. The van der Waals surface area contributed by atoms with Crippen LogP contribution in [0.5, 0.6) is 0 Å². The van der Waals surface area contributed by atoms with Gasteiger partial charge in [0.25, 0.3) is 0 Å². The summed E-state index contributed by atoms with van der Waals surface area (Å²) in [5.74, 6) is 0.105. The van der Waals surface area contributed by atoms with E-state index in [2.05, 4.69) is 11.2 Å². The summed E-state index contributed by atoms with van der Waals surface area (Å²) < 4.78 is 1.82. The van der Waals surface area contributed by atoms with Crippen molar-refractivity contribution in [3.8, 4) is 0 Å². The van der Waals surface area contributed by atoms with Gasteiger partial charge >= 0.3 is 0 Å². The van der Waals surface area contributed by atoms with Crippen molar-refractivity contribution < 1.29 is 9.59 Å². The number of imide groups is 1. The fourth-order valence-corrected chi connectivity index (χ4v) is 2.58. The number of anilines is 1. The molecule has 1 aliphatic rings. The topological polar surface area (TPSA) is 55.2 Å². The number of nitrogens with zero attached hydrogens (tertiary/aromatic N) is 3. The van der Waals surface area contributed by atoms with Gasteiger partial charge in [-0.3, -0.25) is 14.3 Å². The normalized spacial score (nSPS) is 15.0. The van der Waals surface area contributed by atoms with E-state index in [4.69, 9.17) is 0 Å². The van der Waals surface area contributed by atoms with Crippen molar-refractivity contribution in [2.24, 2.45) is 0 Å². The van der Waals surface area contributed by atoms with Crippen molar-refractivity contribution in [1.82, 2.24) is 9.78 Å². The molecule has 2 aromatic rings. The summed E-state index contributed by atoms with van der Waals surface area (Å²) in [5, 5.41) is 4.42. The fraction of sp³-hybridized carbons (Fsp3) is 0.312. The zero-order valence-corrected chi connectivity index (χ0v) is 12.2. The molecular weight excluding hydrogens is 266 g/mol. The van der Waals surface area contributed by atoms with E-state index in [0.717, 1.165) is 11.3 Å². The zero-order valence-electron chi connectivity index (χ0n) is 12.2. The van der Waals surface area contributed by atoms with Crippen LogP contribution in [0.4, 0.5) is 5.82 Å². The molecule has 3 rings (SSSR count). The Morgan fingerprint density at radius 2 is 1.81 bits per heavy atom. The quantitative estimate of drug-likeness (QED) is 0.811. The molecule has 0 bridgehead atoms. The highest BCUT2D eigenvalue weighted by atomic mass is 16.2. The molecule has 21 heavy (non-hydrogen) atoms. The molecule has 1 fully saturated rings. The van der Waals surface area contributed by atoms with E-state index < -0.39 is 0 Å². The van der Waals surface area contributed by atoms with Crippen molar-refractivity contribution >= 4 is 17.6 Å². The van der Waals surface area contributed by atoms with Crippen molar-refractivity contribution in [3.63, 3.8) is 0 Å². The summed E-state index contributed by atoms with van der Waals surface area (Å²) >= 11 is 0. The molecule has 108 valence electrons. The summed E-state index contributed by atoms with van der Waals surface area (Å²) in [7, 11) is 0. The van der Waals surface area contributed by atoms with E-state index >= 15 is 0 Å². The minimum absolute atomic E-state index is 0.166. The summed E-state index contributed by atoms with van der Waals surface area (Å²) in [6.45, 7) is 4.60. The molecule has 0 aliphatic carbocycles. The maximum atomic E-state index is 11.8. The van der Waals surface area contributed by atoms with E-state index in [0.29, 0.717) is 12.4 Å². The molecule has 2 heterocycles. The maximum absolute atomic E-state index is 11.8. The number of hydrogen-bond acceptors (Lipinski definition) is 3. The van der Waals surface area contributed by atoms with Crippen LogP contribution in [0.3, 0.4) is 0 Å². The van der Waals surface area contributed by atoms with Gasteiger partial charge < -0.3 is 0 Å². The van der Waals surface area contributed by atoms with Gasteiger partial charge in [0, 0.05) is 24.6 Å². The number of rotatable bonds is 3. The molecule has 0 unspecified atom stereocenters. The lowest BCUT2D eigenvalue weighted by Gasteiger charge is -2.09. The first kappa shape index (κ1) is 13.5. The van der Waals surface area contributed by atoms with Crippen LogP contribution in [-0.2, 0) is 16.1 Å². The molecule has 1 aliphatic heterocycles. The number of carbonyl (C=O) groups is 2. The third-order valence-corrected chi connectivity index (χ3v) is 3.66. The predicted octanol–water partition coefficient (Wildman–Crippen LogP) is 2.20. The van der Waals surface area contributed by atoms with Gasteiger partial charge in [-0.05, 0) is 19.4 Å². The van der Waals surface area contributed by atoms with E-state index in [1.54, 1.807) is 6.07 Å². The van der Waals surface area contributed by atoms with Crippen LogP contribution in [0.25, 0.3) is 0 Å². The highest BCUT2D eigenvalue weighted by Gasteiger charge is 2.32. The number of aryl methyl sites for hydroxylation is 2. The van der Waals surface area contributed by atoms with Crippen LogP contribution < -0.4 is 4.90 Å². The number of aromatic nitrogens is 2. The summed E-state index contributed by atoms with van der Waals surface area (Å²) in [4.78, 5) is 24.7. The first-order chi connectivity index (χ1) is 10.0. The van der Waals surface area contributed by atoms with Crippen molar-refractivity contribution in [1.29, 1.82) is 0 Å². The minimum atomic E-state index is -0.166. The van der Waals surface area contributed by atoms with Crippen LogP contribution >= 0.6 is 0 Å². The van der Waals surface area contributed by atoms with Crippen LogP contribution in [0.15, 0.2) is 30.3 Å². The monoisotopic (exact) mass is 283 g/mol. The molecule has 0 N–H and O–H groups in total. The molecule has 0 saturated carbocycles. The van der Waals surface area contributed by atoms with Crippen molar-refractivity contribution in [2.45, 2.75) is 33.2 Å². The molecule has 1 aromatic heterocycles. The maximum Gasteiger partial charge on any atom is 0.235 e. The number of hydrogen-bond donors (Lipinski definition) is 0. The summed E-state index contributed by atoms with van der Waals surface area (Å²) in [6, 6.07) is 9.99. The zero-order chi connectivity index (χ0) is 15.0. The fourth-order valence-electron chi connectivity index (χ4n) is 2.58. The Kier molecular flexibility index (Phi) is 3.33. The third kappa shape index (κ3) is 2.59. The Hall–Kier alpha value is -2.43. The Balaban J connectivity index is 1.88. The largest absolute Gasteiger partial charge is 0.274 e. The highest BCUT2D eigenvalue weighted by molar-refractivity contribution is 6.19. The van der Waals surface area contributed by atoms with Crippen molar-refractivity contribution in [3.05, 3.63) is 47.2 Å². The lowest BCUT2D eigenvalue weighted by atomic mass is 10.1. The molecule has 1 saturated heterocycles. The van der Waals surface area contributed by atoms with Gasteiger partial charge in [-0.15, -0.1) is 0 Å². The average molecular weight is 283 g/mol. The van der Waals surface area contributed by atoms with Gasteiger partial charge in [-0.25, -0.2) is 4.90 Å². The third-order valence-electron chi connectivity index (χ3n) is 3.66. The number of carbonyl (C=O) groups excluding carboxylic acids is 2. The average Bonchev–Trinajstić information content (AvgIpc) is 2.93. The Labute approximate surface area is 123 Å². The highest BCUT2D eigenvalue weighted by Crippen LogP contribution is 2.22. The first-order valence-electron chi connectivity index (χ1n) is 7.00. The molecule has 2 amide bonds. The summed E-state index contributed by atoms with van der Waals surface area (Å²) in [5.41, 5.74) is 3.27. The number of benzene rings is 1. The van der Waals surface area contributed by atoms with Gasteiger partial charge in [0.1, 0.15) is 0 Å². The van der Waals surface area contributed by atoms with Crippen LogP contribution in [0.1, 0.15) is 29.7 Å². The predicted molar refractivity (Wildman–Crippen MR) is 79.0 cm³/mol. The number of amides is 2. The van der Waals surface area contributed by atoms with Gasteiger partial charge in [-0.1, -0.05) is 29.8 Å². The van der Waals surface area contributed by atoms with E-state index in [1.165, 1.54) is 10.5 Å². The molecular formula is C16H17N3O2. The van der Waals surface area contributed by atoms with E-state index in [-0.39, 0.29) is 24.7 Å². The lowest BCUT2D eigenvalue weighted by Crippen LogP contribution is -2.29. The standard InChI is InChI=1S/C16H17N3O2/c1-11-4-3-5-13(8-11)10-18-12(2)9-14(17-18)19-15(20)6-7-16(19)21/h3-5,8-9H,6-7,10H2,1-2H3. The molecule has 0 spiro atoms. The van der Waals surface area contributed by atoms with Gasteiger partial charge in [0.15, 0.2) is 5.82 Å². The minimum Gasteiger partial charge on any atom is -0.274 e. The van der Waals surface area contributed by atoms with E-state index in [1.807, 2.05) is 36.7 Å². The Morgan fingerprint density at radius 1 is 1.10 bits per heavy atom. The second-order valence-electron chi connectivity index (χ2n) is 5.41. The molecule has 5 heteroatoms. The molecule has 0 atom stereocenters. The molecule has 1 aromatic carbocycles. The van der Waals surface area contributed by atoms with Crippen LogP contribution in [0, 0.1) is 13.8 Å². The smallest absolute Gasteiger partial charge is 0.235 e. The van der Waals surface area contributed by atoms with Gasteiger partial charge in [0.05, 0.1) is 6.54 Å². The molecule has 5 nitrogen and oxygen atoms in total. The second-order valence-corrected chi connectivity index (χ2v) is 5.41. The SMILES string of the molecule is Cc1cccc(Cn2nc(N3C(=O)CCC3=O)cc2C)c1. The van der Waals surface area contributed by atoms with Crippen LogP contribution in [0.2, 0.25) is 0 Å². The second kappa shape index (κ2) is 5.16. The summed E-state index contributed by atoms with van der Waals surface area (Å²) in [6.07, 6.45) is 0.561. The Bertz CT molecular complexity index is 702. The van der Waals surface area contributed by atoms with Gasteiger partial charge in [0.2, 0.25) is 11.8 Å². The Morgan fingerprint density at radius 3 is 2.48 bits per heavy atom. The van der Waals surface area contributed by atoms with Crippen LogP contribution in [-0.4, -0.2) is 21.6 Å².